The highest BCUT2D eigenvalue weighted by Gasteiger charge is 2.19. The molecule has 1 aromatic carbocycles. The van der Waals surface area contributed by atoms with E-state index in [1.54, 1.807) is 6.20 Å². The van der Waals surface area contributed by atoms with Crippen molar-refractivity contribution < 1.29 is 8.78 Å². The van der Waals surface area contributed by atoms with Gasteiger partial charge in [-0.25, -0.2) is 23.7 Å². The molecule has 0 atom stereocenters. The fraction of sp³-hybridized carbons (Fsp3) is 0.353. The summed E-state index contributed by atoms with van der Waals surface area (Å²) in [6.45, 7) is 6.09. The molecular weight excluding hydrogens is 312 g/mol. The van der Waals surface area contributed by atoms with Crippen LogP contribution in [0.1, 0.15) is 32.9 Å². The fourth-order valence-corrected chi connectivity index (χ4v) is 2.38. The second-order valence-electron chi connectivity index (χ2n) is 6.68. The molecule has 0 amide bonds. The van der Waals surface area contributed by atoms with Crippen molar-refractivity contribution in [3.8, 4) is 0 Å². The molecule has 1 aliphatic rings. The number of benzene rings is 1. The summed E-state index contributed by atoms with van der Waals surface area (Å²) in [4.78, 5) is 12.8. The minimum atomic E-state index is -0.684. The molecule has 2 aromatic rings. The molecule has 1 aromatic heterocycles. The number of nitrogens with one attached hydrogen (secondary N) is 2. The third kappa shape index (κ3) is 3.67. The molecule has 0 unspecified atom stereocenters. The Balaban J connectivity index is 1.84. The summed E-state index contributed by atoms with van der Waals surface area (Å²) in [7, 11) is 0. The maximum absolute atomic E-state index is 13.7. The Kier molecular flexibility index (Phi) is 4.17. The van der Waals surface area contributed by atoms with Crippen LogP contribution in [0.5, 0.6) is 0 Å². The summed E-state index contributed by atoms with van der Waals surface area (Å²) in [6, 6.07) is 3.69. The van der Waals surface area contributed by atoms with E-state index in [9.17, 15) is 8.78 Å². The van der Waals surface area contributed by atoms with Gasteiger partial charge in [-0.2, -0.15) is 0 Å². The zero-order valence-corrected chi connectivity index (χ0v) is 13.8. The Morgan fingerprint density at radius 3 is 2.54 bits per heavy atom. The number of fused-ring (bicyclic) bond motifs is 1. The SMILES string of the molecule is CC(C)(C)Nc1ncc2c(n1)CCC(=Nc1c(F)cccc1F)N2. The number of hydrogen-bond acceptors (Lipinski definition) is 4. The van der Waals surface area contributed by atoms with Crippen molar-refractivity contribution >= 4 is 23.2 Å². The first-order chi connectivity index (χ1) is 11.3. The summed E-state index contributed by atoms with van der Waals surface area (Å²) in [5.74, 6) is -0.317. The van der Waals surface area contributed by atoms with Gasteiger partial charge in [0.15, 0.2) is 11.6 Å². The van der Waals surface area contributed by atoms with Gasteiger partial charge < -0.3 is 10.6 Å². The lowest BCUT2D eigenvalue weighted by Gasteiger charge is -2.23. The van der Waals surface area contributed by atoms with Crippen molar-refractivity contribution in [2.45, 2.75) is 39.2 Å². The lowest BCUT2D eigenvalue weighted by Crippen LogP contribution is -2.28. The van der Waals surface area contributed by atoms with Gasteiger partial charge in [0.1, 0.15) is 11.5 Å². The molecule has 0 spiro atoms. The third-order valence-electron chi connectivity index (χ3n) is 3.42. The molecule has 0 radical (unpaired) electrons. The van der Waals surface area contributed by atoms with Gasteiger partial charge in [0.05, 0.1) is 17.6 Å². The highest BCUT2D eigenvalue weighted by atomic mass is 19.1. The minimum absolute atomic E-state index is 0.134. The monoisotopic (exact) mass is 331 g/mol. The van der Waals surface area contributed by atoms with E-state index in [4.69, 9.17) is 0 Å². The Hall–Kier alpha value is -2.57. The lowest BCUT2D eigenvalue weighted by atomic mass is 10.1. The predicted octanol–water partition coefficient (Wildman–Crippen LogP) is 4.05. The van der Waals surface area contributed by atoms with Crippen molar-refractivity contribution in [3.63, 3.8) is 0 Å². The molecule has 0 aliphatic carbocycles. The van der Waals surface area contributed by atoms with E-state index < -0.39 is 11.6 Å². The van der Waals surface area contributed by atoms with E-state index in [0.29, 0.717) is 30.3 Å². The van der Waals surface area contributed by atoms with E-state index in [1.165, 1.54) is 18.2 Å². The Morgan fingerprint density at radius 2 is 1.88 bits per heavy atom. The van der Waals surface area contributed by atoms with E-state index in [0.717, 1.165) is 5.69 Å². The summed E-state index contributed by atoms with van der Waals surface area (Å²) in [5, 5.41) is 6.27. The number of rotatable bonds is 2. The van der Waals surface area contributed by atoms with Crippen LogP contribution in [0.4, 0.5) is 26.1 Å². The first-order valence-corrected chi connectivity index (χ1v) is 7.74. The quantitative estimate of drug-likeness (QED) is 0.871. The van der Waals surface area contributed by atoms with Gasteiger partial charge in [-0.3, -0.25) is 0 Å². The van der Waals surface area contributed by atoms with Crippen molar-refractivity contribution in [2.75, 3.05) is 10.6 Å². The van der Waals surface area contributed by atoms with Gasteiger partial charge in [0.2, 0.25) is 5.95 Å². The molecule has 0 bridgehead atoms. The van der Waals surface area contributed by atoms with Crippen LogP contribution >= 0.6 is 0 Å². The Labute approximate surface area is 139 Å². The number of nitrogens with zero attached hydrogens (tertiary/aromatic N) is 3. The largest absolute Gasteiger partial charge is 0.350 e. The standard InChI is InChI=1S/C17H19F2N5/c1-17(2,3)24-16-20-9-13-12(22-16)7-8-14(21-13)23-15-10(18)5-4-6-11(15)19/h4-6,9H,7-8H2,1-3H3,(H,21,23)(H,20,22,24). The van der Waals surface area contributed by atoms with Crippen LogP contribution in [0.25, 0.3) is 0 Å². The Morgan fingerprint density at radius 1 is 1.17 bits per heavy atom. The normalized spacial score (nSPS) is 15.8. The van der Waals surface area contributed by atoms with Gasteiger partial charge in [0, 0.05) is 12.0 Å². The van der Waals surface area contributed by atoms with E-state index in [-0.39, 0.29) is 11.2 Å². The second-order valence-corrected chi connectivity index (χ2v) is 6.68. The molecule has 5 nitrogen and oxygen atoms in total. The molecule has 2 N–H and O–H groups in total. The van der Waals surface area contributed by atoms with E-state index in [2.05, 4.69) is 25.6 Å². The van der Waals surface area contributed by atoms with Crippen LogP contribution in [0, 0.1) is 11.6 Å². The number of aromatic nitrogens is 2. The van der Waals surface area contributed by atoms with Crippen LogP contribution in [0.2, 0.25) is 0 Å². The molecule has 7 heteroatoms. The van der Waals surface area contributed by atoms with Crippen LogP contribution < -0.4 is 10.6 Å². The number of aryl methyl sites for hydroxylation is 1. The number of hydrogen-bond donors (Lipinski definition) is 2. The molecular formula is C17H19F2N5. The number of aliphatic imine (C=N–C) groups is 1. The second kappa shape index (κ2) is 6.14. The number of anilines is 2. The molecule has 2 heterocycles. The van der Waals surface area contributed by atoms with Crippen molar-refractivity contribution in [2.24, 2.45) is 4.99 Å². The number of para-hydroxylation sites is 1. The van der Waals surface area contributed by atoms with E-state index in [1.807, 2.05) is 20.8 Å². The molecule has 126 valence electrons. The fourth-order valence-electron chi connectivity index (χ4n) is 2.38. The van der Waals surface area contributed by atoms with E-state index >= 15 is 0 Å². The summed E-state index contributed by atoms with van der Waals surface area (Å²) in [5.41, 5.74) is 1.14. The van der Waals surface area contributed by atoms with Crippen LogP contribution in [-0.4, -0.2) is 21.3 Å². The Bertz CT molecular complexity index is 776. The number of amidine groups is 1. The summed E-state index contributed by atoms with van der Waals surface area (Å²) in [6.07, 6.45) is 2.80. The van der Waals surface area contributed by atoms with Gasteiger partial charge in [-0.05, 0) is 39.3 Å². The maximum atomic E-state index is 13.7. The molecule has 1 aliphatic heterocycles. The van der Waals surface area contributed by atoms with Crippen molar-refractivity contribution in [1.82, 2.24) is 9.97 Å². The topological polar surface area (TPSA) is 62.2 Å². The first-order valence-electron chi connectivity index (χ1n) is 7.74. The van der Waals surface area contributed by atoms with Gasteiger partial charge >= 0.3 is 0 Å². The van der Waals surface area contributed by atoms with Gasteiger partial charge in [0.25, 0.3) is 0 Å². The predicted molar refractivity (Wildman–Crippen MR) is 90.8 cm³/mol. The van der Waals surface area contributed by atoms with Gasteiger partial charge in [-0.15, -0.1) is 0 Å². The highest BCUT2D eigenvalue weighted by Crippen LogP contribution is 2.26. The minimum Gasteiger partial charge on any atom is -0.350 e. The van der Waals surface area contributed by atoms with Crippen molar-refractivity contribution in [3.05, 3.63) is 41.7 Å². The molecule has 0 saturated heterocycles. The van der Waals surface area contributed by atoms with Crippen LogP contribution in [0.15, 0.2) is 29.4 Å². The smallest absolute Gasteiger partial charge is 0.223 e. The highest BCUT2D eigenvalue weighted by molar-refractivity contribution is 5.99. The van der Waals surface area contributed by atoms with Crippen LogP contribution in [0.3, 0.4) is 0 Å². The third-order valence-corrected chi connectivity index (χ3v) is 3.42. The maximum Gasteiger partial charge on any atom is 0.223 e. The lowest BCUT2D eigenvalue weighted by molar-refractivity contribution is 0.587. The summed E-state index contributed by atoms with van der Waals surface area (Å²) >= 11 is 0. The molecule has 0 fully saturated rings. The zero-order valence-electron chi connectivity index (χ0n) is 13.8. The van der Waals surface area contributed by atoms with Gasteiger partial charge in [-0.1, -0.05) is 6.07 Å². The molecule has 0 saturated carbocycles. The first kappa shape index (κ1) is 16.3. The van der Waals surface area contributed by atoms with Crippen LogP contribution in [-0.2, 0) is 6.42 Å². The zero-order chi connectivity index (χ0) is 17.3. The molecule has 24 heavy (non-hydrogen) atoms. The number of halogens is 2. The average molecular weight is 331 g/mol. The summed E-state index contributed by atoms with van der Waals surface area (Å²) < 4.78 is 27.4. The molecule has 3 rings (SSSR count). The average Bonchev–Trinajstić information content (AvgIpc) is 2.49. The van der Waals surface area contributed by atoms with Crippen molar-refractivity contribution in [1.29, 1.82) is 0 Å².